The van der Waals surface area contributed by atoms with Gasteiger partial charge in [-0.25, -0.2) is 0 Å². The minimum Gasteiger partial charge on any atom is -0.493 e. The molecule has 164 valence electrons. The molecule has 31 heavy (non-hydrogen) atoms. The maximum atomic E-state index is 6.51. The molecule has 0 aromatic heterocycles. The first-order chi connectivity index (χ1) is 15.0. The topological polar surface area (TPSA) is 30.5 Å². The van der Waals surface area contributed by atoms with Crippen molar-refractivity contribution in [2.24, 2.45) is 0 Å². The van der Waals surface area contributed by atoms with Gasteiger partial charge in [0.05, 0.1) is 12.1 Å². The van der Waals surface area contributed by atoms with E-state index in [9.17, 15) is 0 Å². The summed E-state index contributed by atoms with van der Waals surface area (Å²) in [6.45, 7) is 3.14. The highest BCUT2D eigenvalue weighted by molar-refractivity contribution is 6.35. The second kappa shape index (κ2) is 11.6. The van der Waals surface area contributed by atoms with Crippen LogP contribution in [0.5, 0.6) is 11.5 Å². The largest absolute Gasteiger partial charge is 0.493 e. The van der Waals surface area contributed by atoms with Crippen molar-refractivity contribution in [1.29, 1.82) is 0 Å². The lowest BCUT2D eigenvalue weighted by atomic mass is 10.1. The van der Waals surface area contributed by atoms with Gasteiger partial charge in [-0.2, -0.15) is 0 Å². The molecule has 6 heteroatoms. The molecule has 0 aliphatic carbocycles. The first-order valence-corrected chi connectivity index (χ1v) is 11.3. The lowest BCUT2D eigenvalue weighted by molar-refractivity contribution is 0.284. The molecule has 0 saturated carbocycles. The van der Waals surface area contributed by atoms with Crippen LogP contribution in [0.4, 0.5) is 0 Å². The number of rotatable bonds is 10. The molecule has 0 amide bonds. The van der Waals surface area contributed by atoms with Gasteiger partial charge in [0.1, 0.15) is 6.61 Å². The fraction of sp³-hybridized carbons (Fsp3) is 0.280. The van der Waals surface area contributed by atoms with Crippen LogP contribution >= 0.6 is 34.8 Å². The number of benzene rings is 3. The molecule has 3 aromatic carbocycles. The van der Waals surface area contributed by atoms with Crippen LogP contribution in [0.3, 0.4) is 0 Å². The minimum atomic E-state index is 0.264. The quantitative estimate of drug-likeness (QED) is 0.330. The highest BCUT2D eigenvalue weighted by Gasteiger charge is 2.14. The number of methoxy groups -OCH3 is 1. The normalized spacial score (nSPS) is 11.9. The zero-order valence-corrected chi connectivity index (χ0v) is 19.9. The van der Waals surface area contributed by atoms with E-state index in [2.05, 4.69) is 36.5 Å². The fourth-order valence-electron chi connectivity index (χ4n) is 3.23. The molecule has 1 N–H and O–H groups in total. The van der Waals surface area contributed by atoms with Crippen molar-refractivity contribution in [3.63, 3.8) is 0 Å². The molecule has 0 radical (unpaired) electrons. The molecule has 0 fully saturated rings. The van der Waals surface area contributed by atoms with Crippen LogP contribution < -0.4 is 14.8 Å². The number of ether oxygens (including phenoxy) is 2. The van der Waals surface area contributed by atoms with Crippen molar-refractivity contribution in [1.82, 2.24) is 5.32 Å². The van der Waals surface area contributed by atoms with Crippen molar-refractivity contribution < 1.29 is 9.47 Å². The molecular weight excluding hydrogens is 453 g/mol. The van der Waals surface area contributed by atoms with Crippen LogP contribution in [0, 0.1) is 0 Å². The van der Waals surface area contributed by atoms with Gasteiger partial charge in [0, 0.05) is 28.2 Å². The van der Waals surface area contributed by atoms with Crippen LogP contribution in [0.15, 0.2) is 60.7 Å². The maximum Gasteiger partial charge on any atom is 0.180 e. The van der Waals surface area contributed by atoms with E-state index in [0.717, 1.165) is 24.0 Å². The highest BCUT2D eigenvalue weighted by Crippen LogP contribution is 2.37. The molecule has 0 saturated heterocycles. The van der Waals surface area contributed by atoms with E-state index >= 15 is 0 Å². The summed E-state index contributed by atoms with van der Waals surface area (Å²) < 4.78 is 11.5. The summed E-state index contributed by atoms with van der Waals surface area (Å²) in [7, 11) is 1.60. The van der Waals surface area contributed by atoms with E-state index in [1.54, 1.807) is 19.2 Å². The van der Waals surface area contributed by atoms with Crippen molar-refractivity contribution in [3.8, 4) is 11.5 Å². The van der Waals surface area contributed by atoms with E-state index < -0.39 is 0 Å². The summed E-state index contributed by atoms with van der Waals surface area (Å²) in [5.74, 6) is 1.09. The Hall–Kier alpha value is -1.91. The van der Waals surface area contributed by atoms with Gasteiger partial charge >= 0.3 is 0 Å². The fourth-order valence-corrected chi connectivity index (χ4v) is 3.98. The summed E-state index contributed by atoms with van der Waals surface area (Å²) in [6, 6.07) is 20.0. The molecule has 3 nitrogen and oxygen atoms in total. The van der Waals surface area contributed by atoms with Crippen LogP contribution in [-0.2, 0) is 19.6 Å². The summed E-state index contributed by atoms with van der Waals surface area (Å²) >= 11 is 18.7. The summed E-state index contributed by atoms with van der Waals surface area (Å²) in [5, 5.41) is 5.18. The lowest BCUT2D eigenvalue weighted by Crippen LogP contribution is -2.26. The predicted molar refractivity (Wildman–Crippen MR) is 130 cm³/mol. The number of nitrogens with one attached hydrogen (secondary N) is 1. The van der Waals surface area contributed by atoms with Gasteiger partial charge in [0.25, 0.3) is 0 Å². The van der Waals surface area contributed by atoms with Gasteiger partial charge in [-0.15, -0.1) is 0 Å². The molecule has 1 atom stereocenters. The SMILES string of the molecule is COc1cc(CN[C@H](C)CCc2ccccc2)cc(Cl)c1OCc1ccc(Cl)cc1Cl. The van der Waals surface area contributed by atoms with Crippen molar-refractivity contribution in [3.05, 3.63) is 92.4 Å². The summed E-state index contributed by atoms with van der Waals surface area (Å²) in [5.41, 5.74) is 3.20. The second-order valence-electron chi connectivity index (χ2n) is 7.44. The monoisotopic (exact) mass is 477 g/mol. The Morgan fingerprint density at radius 2 is 1.68 bits per heavy atom. The first kappa shape index (κ1) is 23.7. The zero-order valence-electron chi connectivity index (χ0n) is 17.6. The van der Waals surface area contributed by atoms with Crippen molar-refractivity contribution in [2.45, 2.75) is 39.0 Å². The van der Waals surface area contributed by atoms with Crippen LogP contribution in [0.1, 0.15) is 30.0 Å². The Balaban J connectivity index is 1.59. The molecule has 3 aromatic rings. The average Bonchev–Trinajstić information content (AvgIpc) is 2.77. The molecule has 3 rings (SSSR count). The summed E-state index contributed by atoms with van der Waals surface area (Å²) in [6.07, 6.45) is 2.09. The third-order valence-electron chi connectivity index (χ3n) is 5.04. The third-order valence-corrected chi connectivity index (χ3v) is 5.91. The van der Waals surface area contributed by atoms with Gasteiger partial charge < -0.3 is 14.8 Å². The smallest absolute Gasteiger partial charge is 0.180 e. The number of hydrogen-bond acceptors (Lipinski definition) is 3. The van der Waals surface area contributed by atoms with Gasteiger partial charge in [-0.05, 0) is 55.2 Å². The number of hydrogen-bond donors (Lipinski definition) is 1. The zero-order chi connectivity index (χ0) is 22.2. The first-order valence-electron chi connectivity index (χ1n) is 10.2. The summed E-state index contributed by atoms with van der Waals surface area (Å²) in [4.78, 5) is 0. The average molecular weight is 479 g/mol. The standard InChI is InChI=1S/C25H26Cl3NO2/c1-17(8-9-18-6-4-3-5-7-18)29-15-19-12-23(28)25(24(13-19)30-2)31-16-20-10-11-21(26)14-22(20)27/h3-7,10-14,17,29H,8-9,15-16H2,1-2H3/t17-/m1/s1. The van der Waals surface area contributed by atoms with Gasteiger partial charge in [0.15, 0.2) is 11.5 Å². The van der Waals surface area contributed by atoms with Crippen molar-refractivity contribution >= 4 is 34.8 Å². The molecule has 0 spiro atoms. The van der Waals surface area contributed by atoms with E-state index in [4.69, 9.17) is 44.3 Å². The molecule has 0 heterocycles. The van der Waals surface area contributed by atoms with Crippen LogP contribution in [0.25, 0.3) is 0 Å². The number of aryl methyl sites for hydroxylation is 1. The van der Waals surface area contributed by atoms with Gasteiger partial charge in [-0.3, -0.25) is 0 Å². The van der Waals surface area contributed by atoms with Gasteiger partial charge in [-0.1, -0.05) is 71.2 Å². The Bertz CT molecular complexity index is 996. The molecule has 0 aliphatic rings. The Morgan fingerprint density at radius 3 is 2.39 bits per heavy atom. The van der Waals surface area contributed by atoms with Gasteiger partial charge in [0.2, 0.25) is 0 Å². The number of halogens is 3. The van der Waals surface area contributed by atoms with Crippen LogP contribution in [-0.4, -0.2) is 13.2 Å². The lowest BCUT2D eigenvalue weighted by Gasteiger charge is -2.17. The second-order valence-corrected chi connectivity index (χ2v) is 8.69. The molecular formula is C25H26Cl3NO2. The van der Waals surface area contributed by atoms with E-state index in [-0.39, 0.29) is 6.61 Å². The minimum absolute atomic E-state index is 0.264. The predicted octanol–water partition coefficient (Wildman–Crippen LogP) is 7.35. The third kappa shape index (κ3) is 7.05. The Kier molecular flexibility index (Phi) is 8.91. The van der Waals surface area contributed by atoms with Crippen molar-refractivity contribution in [2.75, 3.05) is 7.11 Å². The highest BCUT2D eigenvalue weighted by atomic mass is 35.5. The van der Waals surface area contributed by atoms with E-state index in [0.29, 0.717) is 39.2 Å². The van der Waals surface area contributed by atoms with E-state index in [1.165, 1.54) is 5.56 Å². The Morgan fingerprint density at radius 1 is 0.903 bits per heavy atom. The Labute approximate surface area is 199 Å². The van der Waals surface area contributed by atoms with E-state index in [1.807, 2.05) is 24.3 Å². The maximum absolute atomic E-state index is 6.51. The van der Waals surface area contributed by atoms with Crippen LogP contribution in [0.2, 0.25) is 15.1 Å². The molecule has 0 bridgehead atoms. The molecule has 0 aliphatic heterocycles. The molecule has 0 unspecified atom stereocenters.